The lowest BCUT2D eigenvalue weighted by Gasteiger charge is -2.49. The molecule has 15 nitrogen and oxygen atoms in total. The van der Waals surface area contributed by atoms with Gasteiger partial charge in [0.15, 0.2) is 0 Å². The van der Waals surface area contributed by atoms with E-state index < -0.39 is 69.7 Å². The average molecular weight is 566 g/mol. The molecule has 2 unspecified atom stereocenters. The maximum Gasteiger partial charge on any atom is 0.358 e. The first-order valence-corrected chi connectivity index (χ1v) is 13.6. The largest absolute Gasteiger partial charge is 0.425 e. The highest BCUT2D eigenvalue weighted by molar-refractivity contribution is 8.00. The Bertz CT molecular complexity index is 1120. The van der Waals surface area contributed by atoms with E-state index in [-0.39, 0.29) is 24.5 Å². The first kappa shape index (κ1) is 30.2. The molecule has 2 heterocycles. The normalized spacial score (nSPS) is 20.4. The number of carbonyl (C=O) groups excluding carboxylic acids is 5. The number of hydrogen-bond donors (Lipinski definition) is 1. The molecule has 17 heteroatoms. The van der Waals surface area contributed by atoms with Gasteiger partial charge in [0.25, 0.3) is 21.9 Å². The van der Waals surface area contributed by atoms with Gasteiger partial charge in [0.2, 0.25) is 17.8 Å². The Hall–Kier alpha value is -3.02. The molecule has 1 fully saturated rings. The number of nitrogens with zero attached hydrogens (tertiary/aromatic N) is 2. The van der Waals surface area contributed by atoms with Crippen LogP contribution in [0.1, 0.15) is 20.3 Å². The van der Waals surface area contributed by atoms with Gasteiger partial charge in [-0.25, -0.2) is 4.79 Å². The molecule has 2 aliphatic rings. The van der Waals surface area contributed by atoms with Crippen LogP contribution < -0.4 is 5.32 Å². The van der Waals surface area contributed by atoms with Gasteiger partial charge in [-0.3, -0.25) is 28.3 Å². The van der Waals surface area contributed by atoms with Crippen LogP contribution in [-0.2, 0) is 57.3 Å². The van der Waals surface area contributed by atoms with Crippen LogP contribution in [0, 0.1) is 0 Å². The Labute approximate surface area is 216 Å². The lowest BCUT2D eigenvalue weighted by atomic mass is 10.0. The molecule has 0 aromatic rings. The second-order valence-electron chi connectivity index (χ2n) is 7.57. The predicted octanol–water partition coefficient (Wildman–Crippen LogP) is -1.32. The molecule has 206 valence electrons. The van der Waals surface area contributed by atoms with Crippen LogP contribution in [-0.4, -0.2) is 106 Å². The van der Waals surface area contributed by atoms with Crippen LogP contribution in [0.15, 0.2) is 16.4 Å². The molecule has 0 aromatic carbocycles. The highest BCUT2D eigenvalue weighted by atomic mass is 32.2. The molecule has 2 amide bonds. The highest BCUT2D eigenvalue weighted by Gasteiger charge is 2.55. The van der Waals surface area contributed by atoms with E-state index in [1.165, 1.54) is 25.8 Å². The van der Waals surface area contributed by atoms with Crippen LogP contribution in [0.5, 0.6) is 0 Å². The number of nitrogens with one attached hydrogen (secondary N) is 1. The number of Topliss-reactive ketones (excluding diaryl/α,β-unsaturated/α-hetero) is 1. The summed E-state index contributed by atoms with van der Waals surface area (Å²) in [4.78, 5) is 67.9. The number of fused-ring (bicyclic) bond motifs is 1. The molecule has 0 radical (unpaired) electrons. The van der Waals surface area contributed by atoms with Crippen molar-refractivity contribution in [3.05, 3.63) is 11.3 Å². The minimum atomic E-state index is -3.98. The van der Waals surface area contributed by atoms with Gasteiger partial charge in [0.05, 0.1) is 12.9 Å². The maximum atomic E-state index is 13.0. The number of esters is 2. The summed E-state index contributed by atoms with van der Waals surface area (Å²) in [5, 5.41) is 4.91. The number of hydrogen-bond acceptors (Lipinski definition) is 14. The molecule has 1 saturated heterocycles. The highest BCUT2D eigenvalue weighted by Crippen LogP contribution is 2.40. The SMILES string of the molecule is CCC(=O)OC(C)OC(=O)C1=C(COC)CS[C@H]2C(NC(=O)C(=NOC)C(=O)COS(C)(=O)=O)C(=O)N12. The van der Waals surface area contributed by atoms with Gasteiger partial charge in [0, 0.05) is 26.2 Å². The summed E-state index contributed by atoms with van der Waals surface area (Å²) in [5.74, 6) is -4.19. The monoisotopic (exact) mass is 565 g/mol. The predicted molar refractivity (Wildman–Crippen MR) is 126 cm³/mol. The van der Waals surface area contributed by atoms with Gasteiger partial charge in [-0.1, -0.05) is 12.1 Å². The van der Waals surface area contributed by atoms with Crippen molar-refractivity contribution in [1.82, 2.24) is 10.2 Å². The molecule has 1 N–H and O–H groups in total. The summed E-state index contributed by atoms with van der Waals surface area (Å²) < 4.78 is 41.9. The Morgan fingerprint density at radius 1 is 1.22 bits per heavy atom. The van der Waals surface area contributed by atoms with Crippen LogP contribution in [0.2, 0.25) is 0 Å². The third kappa shape index (κ3) is 7.73. The summed E-state index contributed by atoms with van der Waals surface area (Å²) >= 11 is 1.22. The van der Waals surface area contributed by atoms with Crippen molar-refractivity contribution in [2.24, 2.45) is 5.16 Å². The number of oxime groups is 1. The lowest BCUT2D eigenvalue weighted by molar-refractivity contribution is -0.184. The molecule has 2 rings (SSSR count). The van der Waals surface area contributed by atoms with Crippen LogP contribution >= 0.6 is 11.8 Å². The van der Waals surface area contributed by atoms with E-state index in [2.05, 4.69) is 19.5 Å². The minimum absolute atomic E-state index is 0.00751. The Morgan fingerprint density at radius 2 is 1.89 bits per heavy atom. The second-order valence-corrected chi connectivity index (χ2v) is 10.3. The number of methoxy groups -OCH3 is 1. The van der Waals surface area contributed by atoms with E-state index in [4.69, 9.17) is 14.2 Å². The smallest absolute Gasteiger partial charge is 0.358 e. The quantitative estimate of drug-likeness (QED) is 0.0526. The van der Waals surface area contributed by atoms with Gasteiger partial charge in [-0.15, -0.1) is 11.8 Å². The summed E-state index contributed by atoms with van der Waals surface area (Å²) in [6.07, 6.45) is -0.427. The fourth-order valence-electron chi connectivity index (χ4n) is 3.20. The Morgan fingerprint density at radius 3 is 2.46 bits per heavy atom. The maximum absolute atomic E-state index is 13.0. The number of ketones is 1. The molecule has 2 aliphatic heterocycles. The third-order valence-electron chi connectivity index (χ3n) is 4.77. The van der Waals surface area contributed by atoms with Gasteiger partial charge in [-0.2, -0.15) is 8.42 Å². The van der Waals surface area contributed by atoms with Gasteiger partial charge < -0.3 is 24.4 Å². The fraction of sp³-hybridized carbons (Fsp3) is 0.600. The first-order valence-electron chi connectivity index (χ1n) is 10.7. The van der Waals surface area contributed by atoms with Crippen molar-refractivity contribution < 1.29 is 55.6 Å². The molecular weight excluding hydrogens is 538 g/mol. The molecule has 0 saturated carbocycles. The Balaban J connectivity index is 2.18. The van der Waals surface area contributed by atoms with Crippen LogP contribution in [0.4, 0.5) is 0 Å². The average Bonchev–Trinajstić information content (AvgIpc) is 2.83. The van der Waals surface area contributed by atoms with Crippen molar-refractivity contribution in [3.63, 3.8) is 0 Å². The standard InChI is InChI=1S/C20H27N3O12S2/c1-6-13(25)34-10(2)35-20(28)16-11(7-31-3)9-36-19-15(18(27)23(16)19)21-17(26)14(22-32-4)12(24)8-33-37(5,29)30/h10,15,19H,6-9H2,1-5H3,(H,21,26)/t10?,15?,19-/m0/s1. The summed E-state index contributed by atoms with van der Waals surface area (Å²) in [6.45, 7) is 1.92. The second kappa shape index (κ2) is 13.0. The first-order chi connectivity index (χ1) is 17.3. The molecule has 0 spiro atoms. The van der Waals surface area contributed by atoms with Crippen LogP contribution in [0.25, 0.3) is 0 Å². The molecule has 37 heavy (non-hydrogen) atoms. The van der Waals surface area contributed by atoms with Crippen LogP contribution in [0.3, 0.4) is 0 Å². The molecule has 3 atom stereocenters. The summed E-state index contributed by atoms with van der Waals surface area (Å²) in [7, 11) is -1.51. The molecule has 0 bridgehead atoms. The van der Waals surface area contributed by atoms with Crippen molar-refractivity contribution >= 4 is 57.1 Å². The molecular formula is C20H27N3O12S2. The molecule has 0 aliphatic carbocycles. The third-order valence-corrected chi connectivity index (χ3v) is 6.66. The zero-order valence-electron chi connectivity index (χ0n) is 20.7. The van der Waals surface area contributed by atoms with E-state index in [1.54, 1.807) is 6.92 Å². The Kier molecular flexibility index (Phi) is 10.6. The van der Waals surface area contributed by atoms with Gasteiger partial charge in [0.1, 0.15) is 30.8 Å². The number of amides is 2. The van der Waals surface area contributed by atoms with Crippen molar-refractivity contribution in [1.29, 1.82) is 0 Å². The van der Waals surface area contributed by atoms with Gasteiger partial charge in [-0.05, 0) is 5.57 Å². The van der Waals surface area contributed by atoms with E-state index >= 15 is 0 Å². The van der Waals surface area contributed by atoms with E-state index in [9.17, 15) is 32.4 Å². The fourth-order valence-corrected chi connectivity index (χ4v) is 4.85. The minimum Gasteiger partial charge on any atom is -0.425 e. The number of ether oxygens (including phenoxy) is 3. The molecule has 0 aromatic heterocycles. The zero-order valence-corrected chi connectivity index (χ0v) is 22.3. The number of rotatable bonds is 13. The number of β-lactam (4-membered cyclic amide) rings is 1. The number of thioether (sulfide) groups is 1. The summed E-state index contributed by atoms with van der Waals surface area (Å²) in [6, 6.07) is -1.16. The van der Waals surface area contributed by atoms with Gasteiger partial charge >= 0.3 is 11.9 Å². The number of carbonyl (C=O) groups is 5. The zero-order chi connectivity index (χ0) is 27.9. The topological polar surface area (TPSA) is 193 Å². The summed E-state index contributed by atoms with van der Waals surface area (Å²) in [5.41, 5.74) is -0.487. The van der Waals surface area contributed by atoms with E-state index in [0.29, 0.717) is 5.57 Å². The van der Waals surface area contributed by atoms with Crippen molar-refractivity contribution in [2.45, 2.75) is 38.0 Å². The van der Waals surface area contributed by atoms with E-state index in [1.807, 2.05) is 0 Å². The van der Waals surface area contributed by atoms with Crippen molar-refractivity contribution in [2.75, 3.05) is 39.4 Å². The van der Waals surface area contributed by atoms with E-state index in [0.717, 1.165) is 18.3 Å². The lowest BCUT2D eigenvalue weighted by Crippen LogP contribution is -2.71. The van der Waals surface area contributed by atoms with Crippen molar-refractivity contribution in [3.8, 4) is 0 Å².